The van der Waals surface area contributed by atoms with Crippen LogP contribution < -0.4 is 0 Å². The van der Waals surface area contributed by atoms with Gasteiger partial charge in [0.1, 0.15) is 5.69 Å². The molecule has 0 N–H and O–H groups in total. The zero-order chi connectivity index (χ0) is 33.8. The minimum atomic E-state index is -0.310. The Hall–Kier alpha value is -6.52. The highest BCUT2D eigenvalue weighted by atomic mass is 15.1. The SMILES string of the molecule is CC1(C)c2ccccc2-c2nc(-n3c4ccccc4c4cc5ccccc5cc43)c(-c3cccc4c3c3ccccc3n4-c3ccccc3)nc21. The number of para-hydroxylation sites is 3. The molecule has 1 aliphatic rings. The Balaban J connectivity index is 1.32. The third kappa shape index (κ3) is 3.85. The Labute approximate surface area is 294 Å². The molecule has 240 valence electrons. The largest absolute Gasteiger partial charge is 0.309 e. The molecular weight excluding hydrogens is 621 g/mol. The molecule has 11 rings (SSSR count). The van der Waals surface area contributed by atoms with Gasteiger partial charge in [-0.05, 0) is 58.8 Å². The molecule has 0 spiro atoms. The van der Waals surface area contributed by atoms with Gasteiger partial charge in [0.15, 0.2) is 5.82 Å². The molecule has 3 heterocycles. The van der Waals surface area contributed by atoms with Gasteiger partial charge in [0, 0.05) is 43.8 Å². The average Bonchev–Trinajstić information content (AvgIpc) is 3.76. The van der Waals surface area contributed by atoms with E-state index in [9.17, 15) is 0 Å². The van der Waals surface area contributed by atoms with Crippen LogP contribution in [0.4, 0.5) is 0 Å². The van der Waals surface area contributed by atoms with Crippen molar-refractivity contribution in [1.29, 1.82) is 0 Å². The van der Waals surface area contributed by atoms with Crippen LogP contribution in [0, 0.1) is 0 Å². The van der Waals surface area contributed by atoms with E-state index in [1.807, 2.05) is 0 Å². The van der Waals surface area contributed by atoms with Gasteiger partial charge in [-0.25, -0.2) is 9.97 Å². The number of fused-ring (bicyclic) bond motifs is 10. The molecular formula is C47H32N4. The fourth-order valence-corrected chi connectivity index (χ4v) is 8.70. The number of nitrogens with zero attached hydrogens (tertiary/aromatic N) is 4. The number of hydrogen-bond donors (Lipinski definition) is 0. The summed E-state index contributed by atoms with van der Waals surface area (Å²) in [5.74, 6) is 0.840. The van der Waals surface area contributed by atoms with Crippen LogP contribution in [0.5, 0.6) is 0 Å². The van der Waals surface area contributed by atoms with Gasteiger partial charge in [-0.3, -0.25) is 4.57 Å². The normalized spacial score (nSPS) is 13.5. The predicted octanol–water partition coefficient (Wildman–Crippen LogP) is 11.8. The van der Waals surface area contributed by atoms with Gasteiger partial charge in [-0.2, -0.15) is 0 Å². The second kappa shape index (κ2) is 10.3. The Morgan fingerprint density at radius 3 is 1.90 bits per heavy atom. The molecule has 0 saturated carbocycles. The van der Waals surface area contributed by atoms with Crippen LogP contribution in [0.3, 0.4) is 0 Å². The fraction of sp³-hybridized carbons (Fsp3) is 0.0638. The van der Waals surface area contributed by atoms with Gasteiger partial charge < -0.3 is 4.57 Å². The van der Waals surface area contributed by atoms with E-state index in [0.29, 0.717) is 0 Å². The summed E-state index contributed by atoms with van der Waals surface area (Å²) >= 11 is 0. The third-order valence-electron chi connectivity index (χ3n) is 11.0. The van der Waals surface area contributed by atoms with E-state index in [4.69, 9.17) is 9.97 Å². The van der Waals surface area contributed by atoms with Gasteiger partial charge in [0.2, 0.25) is 0 Å². The first-order valence-electron chi connectivity index (χ1n) is 17.6. The zero-order valence-electron chi connectivity index (χ0n) is 28.3. The zero-order valence-corrected chi connectivity index (χ0v) is 28.3. The summed E-state index contributed by atoms with van der Waals surface area (Å²) in [7, 11) is 0. The van der Waals surface area contributed by atoms with Gasteiger partial charge in [-0.1, -0.05) is 129 Å². The Morgan fingerprint density at radius 2 is 1.08 bits per heavy atom. The van der Waals surface area contributed by atoms with E-state index in [-0.39, 0.29) is 5.41 Å². The van der Waals surface area contributed by atoms with Crippen molar-refractivity contribution in [2.75, 3.05) is 0 Å². The summed E-state index contributed by atoms with van der Waals surface area (Å²) < 4.78 is 4.74. The van der Waals surface area contributed by atoms with Crippen LogP contribution in [0.25, 0.3) is 88.4 Å². The van der Waals surface area contributed by atoms with Crippen molar-refractivity contribution in [2.45, 2.75) is 19.3 Å². The summed E-state index contributed by atoms with van der Waals surface area (Å²) in [6.07, 6.45) is 0. The van der Waals surface area contributed by atoms with Gasteiger partial charge >= 0.3 is 0 Å². The second-order valence-corrected chi connectivity index (χ2v) is 14.2. The lowest BCUT2D eigenvalue weighted by atomic mass is 9.85. The smallest absolute Gasteiger partial charge is 0.165 e. The quantitative estimate of drug-likeness (QED) is 0.190. The highest BCUT2D eigenvalue weighted by Crippen LogP contribution is 2.50. The maximum atomic E-state index is 5.77. The van der Waals surface area contributed by atoms with Gasteiger partial charge in [0.25, 0.3) is 0 Å². The monoisotopic (exact) mass is 652 g/mol. The standard InChI is InChI=1S/C47H32N4/c1-47(2)37-23-11-8-20-33(37)43-45(47)48-44(35-22-14-26-40-42(35)34-21-10-13-25-39(34)50(40)31-17-4-3-5-18-31)46(49-43)51-38-24-12-9-19-32(38)36-27-29-15-6-7-16-30(29)28-41(36)51/h3-28H,1-2H3. The third-order valence-corrected chi connectivity index (χ3v) is 11.0. The Morgan fingerprint density at radius 1 is 0.451 bits per heavy atom. The van der Waals surface area contributed by atoms with Crippen molar-refractivity contribution >= 4 is 54.4 Å². The predicted molar refractivity (Wildman–Crippen MR) is 211 cm³/mol. The van der Waals surface area contributed by atoms with Crippen molar-refractivity contribution in [3.8, 4) is 34.0 Å². The minimum absolute atomic E-state index is 0.310. The van der Waals surface area contributed by atoms with Crippen molar-refractivity contribution in [3.63, 3.8) is 0 Å². The van der Waals surface area contributed by atoms with Crippen LogP contribution >= 0.6 is 0 Å². The van der Waals surface area contributed by atoms with Crippen molar-refractivity contribution in [1.82, 2.24) is 19.1 Å². The molecule has 0 unspecified atom stereocenters. The molecule has 0 amide bonds. The van der Waals surface area contributed by atoms with E-state index in [1.54, 1.807) is 0 Å². The number of hydrogen-bond acceptors (Lipinski definition) is 2. The van der Waals surface area contributed by atoms with Crippen LogP contribution in [0.15, 0.2) is 158 Å². The molecule has 4 heteroatoms. The first-order valence-corrected chi connectivity index (χ1v) is 17.6. The Kier molecular flexibility index (Phi) is 5.70. The minimum Gasteiger partial charge on any atom is -0.309 e. The number of rotatable bonds is 3. The highest BCUT2D eigenvalue weighted by molar-refractivity contribution is 6.17. The van der Waals surface area contributed by atoms with E-state index >= 15 is 0 Å². The van der Waals surface area contributed by atoms with E-state index < -0.39 is 0 Å². The highest BCUT2D eigenvalue weighted by Gasteiger charge is 2.39. The van der Waals surface area contributed by atoms with Crippen LogP contribution in [0.2, 0.25) is 0 Å². The van der Waals surface area contributed by atoms with Crippen LogP contribution in [-0.2, 0) is 5.41 Å². The topological polar surface area (TPSA) is 35.6 Å². The molecule has 10 aromatic rings. The molecule has 0 saturated heterocycles. The van der Waals surface area contributed by atoms with E-state index in [2.05, 4.69) is 181 Å². The summed E-state index contributed by atoms with van der Waals surface area (Å²) in [6.45, 7) is 4.56. The number of aromatic nitrogens is 4. The van der Waals surface area contributed by atoms with E-state index in [0.717, 1.165) is 61.8 Å². The van der Waals surface area contributed by atoms with Gasteiger partial charge in [-0.15, -0.1) is 0 Å². The second-order valence-electron chi connectivity index (χ2n) is 14.2. The Bertz CT molecular complexity index is 3050. The molecule has 3 aromatic heterocycles. The molecule has 0 bridgehead atoms. The lowest BCUT2D eigenvalue weighted by Crippen LogP contribution is -2.18. The molecule has 7 aromatic carbocycles. The van der Waals surface area contributed by atoms with Crippen molar-refractivity contribution in [2.24, 2.45) is 0 Å². The molecule has 4 nitrogen and oxygen atoms in total. The van der Waals surface area contributed by atoms with Crippen LogP contribution in [-0.4, -0.2) is 19.1 Å². The summed E-state index contributed by atoms with van der Waals surface area (Å²) in [5.41, 5.74) is 11.7. The number of benzene rings is 7. The summed E-state index contributed by atoms with van der Waals surface area (Å²) in [6, 6.07) is 56.7. The molecule has 0 fully saturated rings. The van der Waals surface area contributed by atoms with Gasteiger partial charge in [0.05, 0.1) is 33.5 Å². The maximum absolute atomic E-state index is 5.77. The average molecular weight is 653 g/mol. The van der Waals surface area contributed by atoms with Crippen molar-refractivity contribution in [3.05, 3.63) is 169 Å². The molecule has 0 radical (unpaired) electrons. The molecule has 0 atom stereocenters. The molecule has 1 aliphatic carbocycles. The van der Waals surface area contributed by atoms with E-state index in [1.165, 1.54) is 37.9 Å². The maximum Gasteiger partial charge on any atom is 0.165 e. The molecule has 0 aliphatic heterocycles. The summed E-state index contributed by atoms with van der Waals surface area (Å²) in [4.78, 5) is 11.5. The lowest BCUT2D eigenvalue weighted by molar-refractivity contribution is 0.635. The van der Waals surface area contributed by atoms with Crippen LogP contribution in [0.1, 0.15) is 25.1 Å². The van der Waals surface area contributed by atoms with Crippen molar-refractivity contribution < 1.29 is 0 Å². The molecule has 51 heavy (non-hydrogen) atoms. The summed E-state index contributed by atoms with van der Waals surface area (Å²) in [5, 5.41) is 7.19. The first-order chi connectivity index (χ1) is 25.1. The lowest BCUT2D eigenvalue weighted by Gasteiger charge is -2.22. The fourth-order valence-electron chi connectivity index (χ4n) is 8.70. The first kappa shape index (κ1) is 28.3.